The van der Waals surface area contributed by atoms with Crippen LogP contribution in [0.1, 0.15) is 0 Å². The summed E-state index contributed by atoms with van der Waals surface area (Å²) in [6.07, 6.45) is 0. The Bertz CT molecular complexity index is 293. The predicted molar refractivity (Wildman–Crippen MR) is 83.2 cm³/mol. The van der Waals surface area contributed by atoms with Crippen LogP contribution in [0.2, 0.25) is 0 Å². The highest BCUT2D eigenvalue weighted by molar-refractivity contribution is 8.23. The maximum absolute atomic E-state index is 5.74. The van der Waals surface area contributed by atoms with Gasteiger partial charge in [0.2, 0.25) is 7.59 Å². The second kappa shape index (κ2) is 6.65. The summed E-state index contributed by atoms with van der Waals surface area (Å²) in [5.41, 5.74) is -1.76. The Morgan fingerprint density at radius 1 is 0.882 bits per heavy atom. The minimum absolute atomic E-state index is 0.00167. The number of rotatable bonds is 0. The molecule has 2 unspecified atom stereocenters. The standard InChI is InChI=1S/C6H2Cl8OS2/c7-1(8)2-16-3(5(9,10)11)15-4(17-2)6(12,13)14/h3-4H. The minimum atomic E-state index is -1.70. The van der Waals surface area contributed by atoms with Gasteiger partial charge in [0, 0.05) is 0 Å². The van der Waals surface area contributed by atoms with Gasteiger partial charge in [-0.25, -0.2) is 0 Å². The second-order valence-corrected chi connectivity index (χ2v) is 10.8. The van der Waals surface area contributed by atoms with E-state index < -0.39 is 18.5 Å². The van der Waals surface area contributed by atoms with E-state index in [4.69, 9.17) is 97.5 Å². The minimum Gasteiger partial charge on any atom is -0.344 e. The van der Waals surface area contributed by atoms with Gasteiger partial charge in [-0.3, -0.25) is 0 Å². The van der Waals surface area contributed by atoms with Crippen LogP contribution in [0.3, 0.4) is 0 Å². The van der Waals surface area contributed by atoms with Crippen LogP contribution in [0.15, 0.2) is 8.73 Å². The van der Waals surface area contributed by atoms with Gasteiger partial charge in [-0.1, -0.05) is 116 Å². The highest BCUT2D eigenvalue weighted by atomic mass is 35.6. The molecule has 1 heterocycles. The smallest absolute Gasteiger partial charge is 0.225 e. The lowest BCUT2D eigenvalue weighted by atomic mass is 10.7. The van der Waals surface area contributed by atoms with Crippen molar-refractivity contribution in [2.45, 2.75) is 18.5 Å². The van der Waals surface area contributed by atoms with Gasteiger partial charge >= 0.3 is 0 Å². The van der Waals surface area contributed by atoms with Crippen LogP contribution in [-0.4, -0.2) is 18.5 Å². The molecule has 17 heavy (non-hydrogen) atoms. The summed E-state index contributed by atoms with van der Waals surface area (Å²) < 4.78 is 2.44. The van der Waals surface area contributed by atoms with Gasteiger partial charge in [-0.05, 0) is 0 Å². The largest absolute Gasteiger partial charge is 0.344 e. The van der Waals surface area contributed by atoms with Crippen LogP contribution in [0.4, 0.5) is 0 Å². The van der Waals surface area contributed by atoms with Crippen molar-refractivity contribution in [1.82, 2.24) is 0 Å². The summed E-state index contributed by atoms with van der Waals surface area (Å²) in [4.78, 5) is 0. The summed E-state index contributed by atoms with van der Waals surface area (Å²) in [6, 6.07) is 0. The first kappa shape index (κ1) is 17.8. The molecule has 1 nitrogen and oxygen atoms in total. The lowest BCUT2D eigenvalue weighted by Gasteiger charge is -2.36. The van der Waals surface area contributed by atoms with E-state index in [0.29, 0.717) is 4.24 Å². The van der Waals surface area contributed by atoms with Gasteiger partial charge in [0.25, 0.3) is 0 Å². The van der Waals surface area contributed by atoms with Gasteiger partial charge in [-0.2, -0.15) is 0 Å². The Labute approximate surface area is 147 Å². The molecule has 0 aromatic carbocycles. The lowest BCUT2D eigenvalue weighted by molar-refractivity contribution is 0.0950. The number of halogens is 8. The van der Waals surface area contributed by atoms with Crippen molar-refractivity contribution in [1.29, 1.82) is 0 Å². The van der Waals surface area contributed by atoms with E-state index in [1.165, 1.54) is 0 Å². The fraction of sp³-hybridized carbons (Fsp3) is 0.667. The topological polar surface area (TPSA) is 9.23 Å². The van der Waals surface area contributed by atoms with Crippen LogP contribution in [0, 0.1) is 0 Å². The van der Waals surface area contributed by atoms with Gasteiger partial charge < -0.3 is 4.74 Å². The molecule has 1 rings (SSSR count). The van der Waals surface area contributed by atoms with Crippen LogP contribution < -0.4 is 0 Å². The zero-order valence-corrected chi connectivity index (χ0v) is 15.1. The molecular formula is C6H2Cl8OS2. The fourth-order valence-electron chi connectivity index (χ4n) is 0.767. The molecule has 100 valence electrons. The van der Waals surface area contributed by atoms with Gasteiger partial charge in [0.15, 0.2) is 10.9 Å². The number of hydrogen-bond donors (Lipinski definition) is 0. The van der Waals surface area contributed by atoms with E-state index in [-0.39, 0.29) is 4.49 Å². The molecule has 0 aromatic heterocycles. The molecule has 0 saturated carbocycles. The van der Waals surface area contributed by atoms with Crippen molar-refractivity contribution < 1.29 is 4.74 Å². The Balaban J connectivity index is 2.97. The van der Waals surface area contributed by atoms with E-state index >= 15 is 0 Å². The van der Waals surface area contributed by atoms with Crippen LogP contribution in [0.25, 0.3) is 0 Å². The number of hydrogen-bond acceptors (Lipinski definition) is 3. The summed E-state index contributed by atoms with van der Waals surface area (Å²) in [5.74, 6) is 0. The van der Waals surface area contributed by atoms with E-state index in [9.17, 15) is 0 Å². The maximum atomic E-state index is 5.74. The third-order valence-corrected chi connectivity index (χ3v) is 6.93. The quantitative estimate of drug-likeness (QED) is 0.401. The molecule has 0 bridgehead atoms. The first-order valence-electron chi connectivity index (χ1n) is 3.69. The Hall–Kier alpha value is 2.72. The van der Waals surface area contributed by atoms with Crippen molar-refractivity contribution in [2.75, 3.05) is 0 Å². The van der Waals surface area contributed by atoms with E-state index in [1.807, 2.05) is 0 Å². The summed E-state index contributed by atoms with van der Waals surface area (Å²) in [5, 5.41) is 0. The molecule has 1 saturated heterocycles. The first-order valence-corrected chi connectivity index (χ1v) is 8.47. The molecule has 1 aliphatic heterocycles. The number of alkyl halides is 6. The van der Waals surface area contributed by atoms with E-state index in [1.54, 1.807) is 0 Å². The highest BCUT2D eigenvalue weighted by Crippen LogP contribution is 2.56. The lowest BCUT2D eigenvalue weighted by Crippen LogP contribution is -2.38. The molecule has 1 fully saturated rings. The molecule has 0 amide bonds. The zero-order chi connectivity index (χ0) is 13.4. The molecule has 0 aliphatic carbocycles. The van der Waals surface area contributed by atoms with E-state index in [0.717, 1.165) is 23.5 Å². The zero-order valence-electron chi connectivity index (χ0n) is 7.40. The third kappa shape index (κ3) is 5.55. The molecule has 0 spiro atoms. The summed E-state index contributed by atoms with van der Waals surface area (Å²) in [7, 11) is 0. The molecule has 11 heteroatoms. The SMILES string of the molecule is ClC(Cl)=C1SC(C(Cl)(Cl)Cl)OC(C(Cl)(Cl)Cl)S1. The maximum Gasteiger partial charge on any atom is 0.225 e. The molecule has 0 aromatic rings. The van der Waals surface area contributed by atoms with Gasteiger partial charge in [-0.15, -0.1) is 0 Å². The highest BCUT2D eigenvalue weighted by Gasteiger charge is 2.47. The molecule has 0 radical (unpaired) electrons. The molecule has 2 atom stereocenters. The van der Waals surface area contributed by atoms with Crippen LogP contribution >= 0.6 is 116 Å². The molecule has 0 N–H and O–H groups in total. The average molecular weight is 438 g/mol. The normalized spacial score (nSPS) is 27.2. The number of ether oxygens (including phenoxy) is 1. The predicted octanol–water partition coefficient (Wildman–Crippen LogP) is 6.48. The number of thioether (sulfide) groups is 2. The van der Waals surface area contributed by atoms with Gasteiger partial charge in [0.1, 0.15) is 4.49 Å². The summed E-state index contributed by atoms with van der Waals surface area (Å²) in [6.45, 7) is 0. The average Bonchev–Trinajstić information content (AvgIpc) is 2.14. The first-order chi connectivity index (χ1) is 7.51. The van der Waals surface area contributed by atoms with Crippen molar-refractivity contribution in [3.8, 4) is 0 Å². The summed E-state index contributed by atoms with van der Waals surface area (Å²) >= 11 is 47.9. The Morgan fingerprint density at radius 3 is 1.47 bits per heavy atom. The Kier molecular flexibility index (Phi) is 6.96. The van der Waals surface area contributed by atoms with Crippen molar-refractivity contribution in [3.05, 3.63) is 8.73 Å². The van der Waals surface area contributed by atoms with Crippen LogP contribution in [-0.2, 0) is 4.74 Å². The van der Waals surface area contributed by atoms with Crippen LogP contribution in [0.5, 0.6) is 0 Å². The van der Waals surface area contributed by atoms with Crippen molar-refractivity contribution >= 4 is 116 Å². The van der Waals surface area contributed by atoms with Gasteiger partial charge in [0.05, 0.1) is 4.24 Å². The van der Waals surface area contributed by atoms with E-state index in [2.05, 4.69) is 0 Å². The molecule has 1 aliphatic rings. The fourth-order valence-corrected chi connectivity index (χ4v) is 4.40. The molecular weight excluding hydrogens is 436 g/mol. The van der Waals surface area contributed by atoms with Crippen molar-refractivity contribution in [2.24, 2.45) is 0 Å². The third-order valence-electron chi connectivity index (χ3n) is 1.36. The van der Waals surface area contributed by atoms with Crippen molar-refractivity contribution in [3.63, 3.8) is 0 Å². The second-order valence-electron chi connectivity index (χ2n) is 2.67. The Morgan fingerprint density at radius 2 is 1.24 bits per heavy atom. The monoisotopic (exact) mass is 434 g/mol.